The minimum Gasteiger partial charge on any atom is -0.383 e. The number of benzene rings is 1. The maximum absolute atomic E-state index is 12.0. The number of rotatable bonds is 9. The van der Waals surface area contributed by atoms with Crippen molar-refractivity contribution >= 4 is 28.3 Å². The van der Waals surface area contributed by atoms with E-state index in [4.69, 9.17) is 4.74 Å². The van der Waals surface area contributed by atoms with Crippen LogP contribution in [0.4, 0.5) is 0 Å². The smallest absolute Gasteiger partial charge is 0.251 e. The number of hydrogen-bond acceptors (Lipinski definition) is 5. The van der Waals surface area contributed by atoms with Gasteiger partial charge in [0.1, 0.15) is 0 Å². The van der Waals surface area contributed by atoms with Gasteiger partial charge in [-0.2, -0.15) is 0 Å². The van der Waals surface area contributed by atoms with Crippen molar-refractivity contribution in [2.75, 3.05) is 40.4 Å². The van der Waals surface area contributed by atoms with Crippen LogP contribution in [0.3, 0.4) is 0 Å². The summed E-state index contributed by atoms with van der Waals surface area (Å²) in [7, 11) is -0.432. The number of hydrogen-bond donors (Lipinski definition) is 3. The Morgan fingerprint density at radius 1 is 1.14 bits per heavy atom. The van der Waals surface area contributed by atoms with Crippen LogP contribution in [-0.2, 0) is 14.8 Å². The number of nitrogens with one attached hydrogen (secondary N) is 3. The zero-order valence-corrected chi connectivity index (χ0v) is 14.2. The molecule has 1 aromatic carbocycles. The van der Waals surface area contributed by atoms with Gasteiger partial charge in [0.25, 0.3) is 5.91 Å². The molecule has 3 N–H and O–H groups in total. The molecule has 0 spiro atoms. The Labute approximate surface area is 137 Å². The molecule has 0 saturated heterocycles. The predicted octanol–water partition coefficient (Wildman–Crippen LogP) is -0.0177. The van der Waals surface area contributed by atoms with Crippen molar-refractivity contribution < 1.29 is 17.9 Å². The monoisotopic (exact) mass is 351 g/mol. The normalized spacial score (nSPS) is 10.8. The Balaban J connectivity index is 0.00000441. The number of carbonyl (C=O) groups is 1. The zero-order chi connectivity index (χ0) is 15.7. The second-order valence-corrected chi connectivity index (χ2v) is 6.01. The summed E-state index contributed by atoms with van der Waals surface area (Å²) in [5, 5.41) is 5.51. The summed E-state index contributed by atoms with van der Waals surface area (Å²) in [6.45, 7) is 2.04. The molecule has 0 fully saturated rings. The summed E-state index contributed by atoms with van der Waals surface area (Å²) in [5.74, 6) is -0.255. The van der Waals surface area contributed by atoms with Gasteiger partial charge in [-0.1, -0.05) is 0 Å². The number of carbonyl (C=O) groups excluding carboxylic acids is 1. The topological polar surface area (TPSA) is 96.5 Å². The third-order valence-corrected chi connectivity index (χ3v) is 4.21. The maximum Gasteiger partial charge on any atom is 0.251 e. The Hall–Kier alpha value is -1.19. The highest BCUT2D eigenvalue weighted by molar-refractivity contribution is 7.89. The molecule has 1 amide bonds. The minimum atomic E-state index is -3.56. The summed E-state index contributed by atoms with van der Waals surface area (Å²) in [4.78, 5) is 11.5. The highest BCUT2D eigenvalue weighted by atomic mass is 35.5. The van der Waals surface area contributed by atoms with Gasteiger partial charge >= 0.3 is 0 Å². The average molecular weight is 352 g/mol. The van der Waals surface area contributed by atoms with E-state index in [-0.39, 0.29) is 29.8 Å². The van der Waals surface area contributed by atoms with Gasteiger partial charge in [0.2, 0.25) is 10.0 Å². The quantitative estimate of drug-likeness (QED) is 0.543. The lowest BCUT2D eigenvalue weighted by molar-refractivity contribution is 0.0963. The van der Waals surface area contributed by atoms with Gasteiger partial charge in [-0.05, 0) is 24.3 Å². The van der Waals surface area contributed by atoms with Crippen molar-refractivity contribution in [1.82, 2.24) is 15.4 Å². The summed E-state index contributed by atoms with van der Waals surface area (Å²) >= 11 is 0. The van der Waals surface area contributed by atoms with Crippen LogP contribution in [0.15, 0.2) is 29.2 Å². The molecule has 126 valence electrons. The van der Waals surface area contributed by atoms with Gasteiger partial charge in [0, 0.05) is 39.4 Å². The maximum atomic E-state index is 12.0. The fourth-order valence-electron chi connectivity index (χ4n) is 1.59. The highest BCUT2D eigenvalue weighted by Gasteiger charge is 2.13. The fourth-order valence-corrected chi connectivity index (χ4v) is 2.62. The fraction of sp³-hybridized carbons (Fsp3) is 0.462. The average Bonchev–Trinajstić information content (AvgIpc) is 2.50. The number of halogens is 1. The van der Waals surface area contributed by atoms with E-state index in [1.54, 1.807) is 7.11 Å². The van der Waals surface area contributed by atoms with Crippen LogP contribution < -0.4 is 15.4 Å². The molecule has 0 saturated carbocycles. The van der Waals surface area contributed by atoms with Crippen LogP contribution in [-0.4, -0.2) is 54.7 Å². The molecule has 0 aliphatic rings. The van der Waals surface area contributed by atoms with E-state index in [1.807, 2.05) is 0 Å². The van der Waals surface area contributed by atoms with E-state index in [2.05, 4.69) is 15.4 Å². The molecule has 22 heavy (non-hydrogen) atoms. The van der Waals surface area contributed by atoms with Crippen LogP contribution in [0.1, 0.15) is 10.4 Å². The number of ether oxygens (including phenoxy) is 1. The van der Waals surface area contributed by atoms with Crippen molar-refractivity contribution in [2.45, 2.75) is 4.90 Å². The molecule has 0 aliphatic carbocycles. The molecular weight excluding hydrogens is 330 g/mol. The largest absolute Gasteiger partial charge is 0.383 e. The third kappa shape index (κ3) is 6.71. The SMILES string of the molecule is CNC(=O)c1ccc(S(=O)(=O)NCCNCCOC)cc1.Cl. The van der Waals surface area contributed by atoms with Gasteiger partial charge in [-0.25, -0.2) is 13.1 Å². The zero-order valence-electron chi connectivity index (χ0n) is 12.6. The molecular formula is C13H22ClN3O4S. The van der Waals surface area contributed by atoms with Crippen molar-refractivity contribution in [3.8, 4) is 0 Å². The molecule has 0 radical (unpaired) electrons. The second kappa shape index (κ2) is 10.5. The summed E-state index contributed by atoms with van der Waals surface area (Å²) < 4.78 is 31.4. The van der Waals surface area contributed by atoms with Crippen LogP contribution in [0, 0.1) is 0 Å². The van der Waals surface area contributed by atoms with E-state index in [0.717, 1.165) is 0 Å². The highest BCUT2D eigenvalue weighted by Crippen LogP contribution is 2.10. The van der Waals surface area contributed by atoms with Gasteiger partial charge in [0.05, 0.1) is 11.5 Å². The lowest BCUT2D eigenvalue weighted by Gasteiger charge is -2.08. The molecule has 0 aromatic heterocycles. The summed E-state index contributed by atoms with van der Waals surface area (Å²) in [6, 6.07) is 5.77. The summed E-state index contributed by atoms with van der Waals surface area (Å²) in [6.07, 6.45) is 0. The predicted molar refractivity (Wildman–Crippen MR) is 87.0 cm³/mol. The number of sulfonamides is 1. The lowest BCUT2D eigenvalue weighted by Crippen LogP contribution is -2.33. The van der Waals surface area contributed by atoms with Gasteiger partial charge in [-0.3, -0.25) is 4.79 Å². The first kappa shape index (κ1) is 20.8. The first-order valence-corrected chi connectivity index (χ1v) is 8.01. The van der Waals surface area contributed by atoms with E-state index in [9.17, 15) is 13.2 Å². The second-order valence-electron chi connectivity index (χ2n) is 4.24. The van der Waals surface area contributed by atoms with E-state index in [1.165, 1.54) is 31.3 Å². The number of methoxy groups -OCH3 is 1. The standard InChI is InChI=1S/C13H21N3O4S.ClH/c1-14-13(17)11-3-5-12(6-4-11)21(18,19)16-8-7-15-9-10-20-2;/h3-6,15-16H,7-10H2,1-2H3,(H,14,17);1H. The van der Waals surface area contributed by atoms with Crippen molar-refractivity contribution in [1.29, 1.82) is 0 Å². The Morgan fingerprint density at radius 2 is 1.77 bits per heavy atom. The van der Waals surface area contributed by atoms with Crippen molar-refractivity contribution in [2.24, 2.45) is 0 Å². The molecule has 1 aromatic rings. The van der Waals surface area contributed by atoms with Gasteiger partial charge in [-0.15, -0.1) is 12.4 Å². The Morgan fingerprint density at radius 3 is 2.32 bits per heavy atom. The van der Waals surface area contributed by atoms with Crippen molar-refractivity contribution in [3.63, 3.8) is 0 Å². The van der Waals surface area contributed by atoms with Crippen LogP contribution in [0.25, 0.3) is 0 Å². The van der Waals surface area contributed by atoms with E-state index >= 15 is 0 Å². The molecule has 0 aliphatic heterocycles. The first-order chi connectivity index (χ1) is 10.0. The molecule has 0 heterocycles. The summed E-state index contributed by atoms with van der Waals surface area (Å²) in [5.41, 5.74) is 0.415. The van der Waals surface area contributed by atoms with Crippen LogP contribution in [0.2, 0.25) is 0 Å². The first-order valence-electron chi connectivity index (χ1n) is 6.52. The molecule has 0 atom stereocenters. The number of amides is 1. The molecule has 1 rings (SSSR count). The van der Waals surface area contributed by atoms with E-state index < -0.39 is 10.0 Å². The van der Waals surface area contributed by atoms with E-state index in [0.29, 0.717) is 25.3 Å². The lowest BCUT2D eigenvalue weighted by atomic mass is 10.2. The Kier molecular flexibility index (Phi) is 9.95. The van der Waals surface area contributed by atoms with Crippen LogP contribution >= 0.6 is 12.4 Å². The molecule has 9 heteroatoms. The Bertz CT molecular complexity index is 549. The van der Waals surface area contributed by atoms with Gasteiger partial charge < -0.3 is 15.4 Å². The minimum absolute atomic E-state index is 0. The molecule has 0 bridgehead atoms. The van der Waals surface area contributed by atoms with Crippen molar-refractivity contribution in [3.05, 3.63) is 29.8 Å². The third-order valence-electron chi connectivity index (χ3n) is 2.73. The van der Waals surface area contributed by atoms with Gasteiger partial charge in [0.15, 0.2) is 0 Å². The molecule has 7 nitrogen and oxygen atoms in total. The molecule has 0 unspecified atom stereocenters. The van der Waals surface area contributed by atoms with Crippen LogP contribution in [0.5, 0.6) is 0 Å².